The number of nitrogens with zero attached hydrogens (tertiary/aromatic N) is 2. The fourth-order valence-corrected chi connectivity index (χ4v) is 3.76. The molecule has 0 saturated carbocycles. The van der Waals surface area contributed by atoms with Crippen molar-refractivity contribution in [2.45, 2.75) is 25.9 Å². The number of hydrogen-bond acceptors (Lipinski definition) is 7. The van der Waals surface area contributed by atoms with Gasteiger partial charge in [0, 0.05) is 17.1 Å². The minimum atomic E-state index is -0.655. The highest BCUT2D eigenvalue weighted by Crippen LogP contribution is 2.30. The number of nitrogens with one attached hydrogen (secondary N) is 2. The van der Waals surface area contributed by atoms with Crippen LogP contribution in [0.5, 0.6) is 0 Å². The van der Waals surface area contributed by atoms with Crippen LogP contribution in [0.4, 0.5) is 10.5 Å². The van der Waals surface area contributed by atoms with E-state index < -0.39 is 23.9 Å². The number of esters is 1. The molecule has 3 rings (SSSR count). The Morgan fingerprint density at radius 3 is 2.54 bits per heavy atom. The zero-order valence-corrected chi connectivity index (χ0v) is 16.4. The molecule has 10 heteroatoms. The van der Waals surface area contributed by atoms with Crippen molar-refractivity contribution in [1.29, 1.82) is 0 Å². The van der Waals surface area contributed by atoms with E-state index in [2.05, 4.69) is 14.8 Å². The summed E-state index contributed by atoms with van der Waals surface area (Å²) >= 11 is 1.21. The molecule has 1 unspecified atom stereocenters. The summed E-state index contributed by atoms with van der Waals surface area (Å²) in [5.41, 5.74) is 1.30. The molecule has 1 atom stereocenters. The fraction of sp³-hybridized carbons (Fsp3) is 0.333. The van der Waals surface area contributed by atoms with Gasteiger partial charge in [0.15, 0.2) is 0 Å². The minimum Gasteiger partial charge on any atom is -0.465 e. The molecule has 148 valence electrons. The average molecular weight is 404 g/mol. The third-order valence-corrected chi connectivity index (χ3v) is 5.03. The average Bonchev–Trinajstić information content (AvgIpc) is 3.15. The fourth-order valence-electron chi connectivity index (χ4n) is 2.95. The standard InChI is InChI=1S/C18H20N4O5S/c1-10(2)22-16(24)15-13(9-28-20-15)21(18(22)26)8-14(23)19-12-6-4-11(5-7-12)17(25)27-3/h4-7,9-10,15,20H,8H2,1-3H3,(H,19,23). The van der Waals surface area contributed by atoms with Gasteiger partial charge in [-0.1, -0.05) is 11.9 Å². The van der Waals surface area contributed by atoms with Crippen molar-refractivity contribution in [2.24, 2.45) is 0 Å². The Balaban J connectivity index is 1.72. The highest BCUT2D eigenvalue weighted by molar-refractivity contribution is 8.00. The molecule has 0 aliphatic carbocycles. The van der Waals surface area contributed by atoms with Gasteiger partial charge in [-0.15, -0.1) is 0 Å². The molecule has 0 spiro atoms. The topological polar surface area (TPSA) is 108 Å². The van der Waals surface area contributed by atoms with Gasteiger partial charge in [-0.2, -0.15) is 0 Å². The zero-order valence-electron chi connectivity index (χ0n) is 15.6. The Labute approximate surface area is 166 Å². The maximum atomic E-state index is 12.8. The predicted octanol–water partition coefficient (Wildman–Crippen LogP) is 1.55. The van der Waals surface area contributed by atoms with E-state index in [-0.39, 0.29) is 18.5 Å². The van der Waals surface area contributed by atoms with Crippen LogP contribution in [0.1, 0.15) is 24.2 Å². The number of imide groups is 1. The molecule has 1 saturated heterocycles. The number of carbonyl (C=O) groups excluding carboxylic acids is 4. The van der Waals surface area contributed by atoms with E-state index in [1.165, 1.54) is 36.1 Å². The van der Waals surface area contributed by atoms with Crippen LogP contribution >= 0.6 is 11.9 Å². The van der Waals surface area contributed by atoms with Gasteiger partial charge in [-0.25, -0.2) is 14.3 Å². The number of benzene rings is 1. The van der Waals surface area contributed by atoms with Gasteiger partial charge in [0.25, 0.3) is 5.91 Å². The number of anilines is 1. The Hall–Kier alpha value is -2.85. The second kappa shape index (κ2) is 8.03. The van der Waals surface area contributed by atoms with Crippen molar-refractivity contribution in [2.75, 3.05) is 19.0 Å². The number of carbonyl (C=O) groups is 4. The molecule has 28 heavy (non-hydrogen) atoms. The van der Waals surface area contributed by atoms with Crippen molar-refractivity contribution in [3.05, 3.63) is 40.9 Å². The largest absolute Gasteiger partial charge is 0.465 e. The van der Waals surface area contributed by atoms with Gasteiger partial charge < -0.3 is 10.1 Å². The molecule has 0 radical (unpaired) electrons. The van der Waals surface area contributed by atoms with Gasteiger partial charge in [-0.05, 0) is 38.1 Å². The third kappa shape index (κ3) is 3.73. The van der Waals surface area contributed by atoms with E-state index in [1.807, 2.05) is 0 Å². The number of methoxy groups -OCH3 is 1. The molecule has 1 fully saturated rings. The SMILES string of the molecule is COC(=O)c1ccc(NC(=O)CN2C(=O)N(C(C)C)C(=O)C3NSC=C32)cc1. The summed E-state index contributed by atoms with van der Waals surface area (Å²) in [7, 11) is 1.29. The lowest BCUT2D eigenvalue weighted by Crippen LogP contribution is -2.62. The van der Waals surface area contributed by atoms with Gasteiger partial charge in [0.05, 0.1) is 18.4 Å². The maximum Gasteiger partial charge on any atom is 0.337 e. The van der Waals surface area contributed by atoms with E-state index in [0.717, 1.165) is 4.90 Å². The molecule has 0 bridgehead atoms. The minimum absolute atomic E-state index is 0.237. The Morgan fingerprint density at radius 1 is 1.25 bits per heavy atom. The molecule has 2 aliphatic heterocycles. The summed E-state index contributed by atoms with van der Waals surface area (Å²) in [4.78, 5) is 51.7. The highest BCUT2D eigenvalue weighted by Gasteiger charge is 2.46. The van der Waals surface area contributed by atoms with Gasteiger partial charge in [0.2, 0.25) is 5.91 Å². The summed E-state index contributed by atoms with van der Waals surface area (Å²) in [5.74, 6) is -1.22. The van der Waals surface area contributed by atoms with Crippen LogP contribution in [0.15, 0.2) is 35.4 Å². The number of urea groups is 1. The van der Waals surface area contributed by atoms with Crippen LogP contribution in [0.25, 0.3) is 0 Å². The van der Waals surface area contributed by atoms with E-state index in [0.29, 0.717) is 16.9 Å². The summed E-state index contributed by atoms with van der Waals surface area (Å²) in [5, 5.41) is 4.35. The van der Waals surface area contributed by atoms with Gasteiger partial charge in [-0.3, -0.25) is 19.4 Å². The van der Waals surface area contributed by atoms with Gasteiger partial charge in [0.1, 0.15) is 12.6 Å². The Kier molecular flexibility index (Phi) is 5.71. The molecule has 2 heterocycles. The molecule has 0 aromatic heterocycles. The first kappa shape index (κ1) is 19.9. The number of rotatable bonds is 5. The number of hydrogen-bond donors (Lipinski definition) is 2. The zero-order chi connectivity index (χ0) is 20.4. The number of ether oxygens (including phenoxy) is 1. The molecule has 9 nitrogen and oxygen atoms in total. The van der Waals surface area contributed by atoms with E-state index in [4.69, 9.17) is 0 Å². The van der Waals surface area contributed by atoms with Gasteiger partial charge >= 0.3 is 12.0 Å². The second-order valence-electron chi connectivity index (χ2n) is 6.50. The molecule has 2 aliphatic rings. The Morgan fingerprint density at radius 2 is 1.93 bits per heavy atom. The van der Waals surface area contributed by atoms with Crippen LogP contribution < -0.4 is 10.0 Å². The predicted molar refractivity (Wildman–Crippen MR) is 103 cm³/mol. The van der Waals surface area contributed by atoms with Crippen LogP contribution in [0.2, 0.25) is 0 Å². The number of amides is 4. The smallest absolute Gasteiger partial charge is 0.337 e. The first-order valence-electron chi connectivity index (χ1n) is 8.57. The monoisotopic (exact) mass is 404 g/mol. The summed E-state index contributed by atoms with van der Waals surface area (Å²) in [6.07, 6.45) is 0. The summed E-state index contributed by atoms with van der Waals surface area (Å²) in [6, 6.07) is 4.69. The molecule has 1 aromatic carbocycles. The molecule has 1 aromatic rings. The van der Waals surface area contributed by atoms with E-state index in [9.17, 15) is 19.2 Å². The normalized spacial score (nSPS) is 18.9. The first-order valence-corrected chi connectivity index (χ1v) is 9.45. The molecule has 4 amide bonds. The Bertz CT molecular complexity index is 852. The molecular weight excluding hydrogens is 384 g/mol. The first-order chi connectivity index (χ1) is 13.3. The maximum absolute atomic E-state index is 12.8. The van der Waals surface area contributed by atoms with Crippen molar-refractivity contribution in [3.63, 3.8) is 0 Å². The second-order valence-corrected chi connectivity index (χ2v) is 7.21. The van der Waals surface area contributed by atoms with Crippen LogP contribution in [0.3, 0.4) is 0 Å². The molecule has 2 N–H and O–H groups in total. The van der Waals surface area contributed by atoms with E-state index in [1.54, 1.807) is 31.4 Å². The van der Waals surface area contributed by atoms with Crippen molar-refractivity contribution < 1.29 is 23.9 Å². The van der Waals surface area contributed by atoms with Crippen molar-refractivity contribution in [1.82, 2.24) is 14.5 Å². The summed E-state index contributed by atoms with van der Waals surface area (Å²) in [6.45, 7) is 3.25. The van der Waals surface area contributed by atoms with E-state index >= 15 is 0 Å². The van der Waals surface area contributed by atoms with Crippen molar-refractivity contribution >= 4 is 41.5 Å². The lowest BCUT2D eigenvalue weighted by atomic mass is 10.1. The number of fused-ring (bicyclic) bond motifs is 1. The highest BCUT2D eigenvalue weighted by atomic mass is 32.2. The van der Waals surface area contributed by atoms with Crippen LogP contribution in [-0.2, 0) is 14.3 Å². The lowest BCUT2D eigenvalue weighted by molar-refractivity contribution is -0.133. The summed E-state index contributed by atoms with van der Waals surface area (Å²) < 4.78 is 7.58. The van der Waals surface area contributed by atoms with Crippen LogP contribution in [-0.4, -0.2) is 59.4 Å². The lowest BCUT2D eigenvalue weighted by Gasteiger charge is -2.39. The third-order valence-electron chi connectivity index (χ3n) is 4.30. The molecular formula is C18H20N4O5S. The van der Waals surface area contributed by atoms with Crippen LogP contribution in [0, 0.1) is 0 Å². The van der Waals surface area contributed by atoms with Crippen molar-refractivity contribution in [3.8, 4) is 0 Å². The quantitative estimate of drug-likeness (QED) is 0.566.